The molecule has 35 heavy (non-hydrogen) atoms. The third kappa shape index (κ3) is 5.45. The Morgan fingerprint density at radius 1 is 1.09 bits per heavy atom. The molecule has 0 atom stereocenters. The van der Waals surface area contributed by atoms with Gasteiger partial charge in [-0.15, -0.1) is 24.9 Å². The van der Waals surface area contributed by atoms with Crippen molar-refractivity contribution < 1.29 is 13.2 Å². The van der Waals surface area contributed by atoms with Gasteiger partial charge in [-0.3, -0.25) is 4.79 Å². The number of nitrogens with zero attached hydrogens (tertiary/aromatic N) is 4. The molecular formula is C25H28N4O3S3. The first-order valence-corrected chi connectivity index (χ1v) is 14.7. The number of hydrogen-bond acceptors (Lipinski definition) is 7. The zero-order valence-electron chi connectivity index (χ0n) is 19.6. The summed E-state index contributed by atoms with van der Waals surface area (Å²) in [5.41, 5.74) is 1.47. The topological polar surface area (TPSA) is 73.8 Å². The number of hydrogen-bond donors (Lipinski definition) is 0. The van der Waals surface area contributed by atoms with E-state index in [2.05, 4.69) is 42.5 Å². The molecule has 1 amide bonds. The first kappa shape index (κ1) is 25.4. The molecule has 1 fully saturated rings. The Morgan fingerprint density at radius 2 is 1.74 bits per heavy atom. The maximum atomic E-state index is 13.1. The summed E-state index contributed by atoms with van der Waals surface area (Å²) in [5, 5.41) is 0.975. The Hall–Kier alpha value is -2.66. The van der Waals surface area contributed by atoms with Crippen LogP contribution in [-0.4, -0.2) is 74.0 Å². The van der Waals surface area contributed by atoms with E-state index in [9.17, 15) is 13.2 Å². The first-order valence-electron chi connectivity index (χ1n) is 11.2. The van der Waals surface area contributed by atoms with Gasteiger partial charge in [-0.25, -0.2) is 13.4 Å². The number of carbonyl (C=O) groups is 1. The highest BCUT2D eigenvalue weighted by atomic mass is 32.2. The SMILES string of the molecule is C=CCN(CC=C)S(=O)(=O)c1ccc(C(=O)N2CCN(c3nc4ccc(SC)cc4s3)CC2)cc1. The van der Waals surface area contributed by atoms with Crippen LogP contribution in [0.15, 0.2) is 77.6 Å². The van der Waals surface area contributed by atoms with Crippen LogP contribution in [0, 0.1) is 0 Å². The smallest absolute Gasteiger partial charge is 0.253 e. The van der Waals surface area contributed by atoms with Crippen LogP contribution in [0.1, 0.15) is 10.4 Å². The molecule has 2 aromatic carbocycles. The van der Waals surface area contributed by atoms with Gasteiger partial charge in [-0.1, -0.05) is 23.5 Å². The lowest BCUT2D eigenvalue weighted by molar-refractivity contribution is 0.0746. The van der Waals surface area contributed by atoms with Crippen molar-refractivity contribution in [1.29, 1.82) is 0 Å². The molecule has 0 spiro atoms. The molecular weight excluding hydrogens is 501 g/mol. The highest BCUT2D eigenvalue weighted by Gasteiger charge is 2.26. The lowest BCUT2D eigenvalue weighted by atomic mass is 10.2. The summed E-state index contributed by atoms with van der Waals surface area (Å²) in [4.78, 5) is 23.2. The summed E-state index contributed by atoms with van der Waals surface area (Å²) >= 11 is 3.39. The van der Waals surface area contributed by atoms with Crippen LogP contribution < -0.4 is 4.90 Å². The van der Waals surface area contributed by atoms with E-state index in [4.69, 9.17) is 4.98 Å². The molecule has 0 radical (unpaired) electrons. The lowest BCUT2D eigenvalue weighted by Crippen LogP contribution is -2.48. The van der Waals surface area contributed by atoms with Crippen molar-refractivity contribution in [2.75, 3.05) is 50.4 Å². The number of aromatic nitrogens is 1. The highest BCUT2D eigenvalue weighted by Crippen LogP contribution is 2.32. The van der Waals surface area contributed by atoms with Crippen molar-refractivity contribution in [2.45, 2.75) is 9.79 Å². The molecule has 10 heteroatoms. The van der Waals surface area contributed by atoms with Crippen molar-refractivity contribution in [1.82, 2.24) is 14.2 Å². The maximum absolute atomic E-state index is 13.1. The Balaban J connectivity index is 1.41. The molecule has 184 valence electrons. The molecule has 0 saturated carbocycles. The lowest BCUT2D eigenvalue weighted by Gasteiger charge is -2.34. The molecule has 1 aliphatic rings. The second-order valence-electron chi connectivity index (χ2n) is 8.03. The number of anilines is 1. The summed E-state index contributed by atoms with van der Waals surface area (Å²) in [6.07, 6.45) is 5.13. The predicted octanol–water partition coefficient (Wildman–Crippen LogP) is 4.34. The van der Waals surface area contributed by atoms with Crippen molar-refractivity contribution in [3.8, 4) is 0 Å². The van der Waals surface area contributed by atoms with E-state index in [0.717, 1.165) is 10.6 Å². The van der Waals surface area contributed by atoms with Crippen molar-refractivity contribution in [3.05, 3.63) is 73.3 Å². The molecule has 7 nitrogen and oxygen atoms in total. The minimum Gasteiger partial charge on any atom is -0.345 e. The van der Waals surface area contributed by atoms with Crippen LogP contribution in [0.5, 0.6) is 0 Å². The Kier molecular flexibility index (Phi) is 7.95. The van der Waals surface area contributed by atoms with E-state index in [1.54, 1.807) is 40.1 Å². The largest absolute Gasteiger partial charge is 0.345 e. The molecule has 0 N–H and O–H groups in total. The number of thioether (sulfide) groups is 1. The molecule has 4 rings (SSSR count). The van der Waals surface area contributed by atoms with Crippen LogP contribution >= 0.6 is 23.1 Å². The number of piperazine rings is 1. The second kappa shape index (κ2) is 10.9. The zero-order valence-corrected chi connectivity index (χ0v) is 22.0. The van der Waals surface area contributed by atoms with E-state index >= 15 is 0 Å². The van der Waals surface area contributed by atoms with Gasteiger partial charge >= 0.3 is 0 Å². The van der Waals surface area contributed by atoms with Gasteiger partial charge < -0.3 is 9.80 Å². The van der Waals surface area contributed by atoms with Gasteiger partial charge in [0.15, 0.2) is 5.13 Å². The Bertz CT molecular complexity index is 1320. The average Bonchev–Trinajstić information content (AvgIpc) is 3.31. The summed E-state index contributed by atoms with van der Waals surface area (Å²) in [5.74, 6) is -0.100. The van der Waals surface area contributed by atoms with E-state index < -0.39 is 10.0 Å². The van der Waals surface area contributed by atoms with Gasteiger partial charge in [0.2, 0.25) is 10.0 Å². The van der Waals surface area contributed by atoms with Crippen molar-refractivity contribution in [2.24, 2.45) is 0 Å². The number of benzene rings is 2. The molecule has 0 bridgehead atoms. The van der Waals surface area contributed by atoms with Crippen LogP contribution in [0.2, 0.25) is 0 Å². The van der Waals surface area contributed by atoms with E-state index in [1.807, 2.05) is 0 Å². The zero-order chi connectivity index (χ0) is 25.0. The fraction of sp³-hybridized carbons (Fsp3) is 0.280. The Morgan fingerprint density at radius 3 is 2.34 bits per heavy atom. The van der Waals surface area contributed by atoms with Crippen LogP contribution in [0.25, 0.3) is 10.2 Å². The molecule has 0 unspecified atom stereocenters. The van der Waals surface area contributed by atoms with E-state index in [-0.39, 0.29) is 23.9 Å². The van der Waals surface area contributed by atoms with Gasteiger partial charge in [0.25, 0.3) is 5.91 Å². The number of fused-ring (bicyclic) bond motifs is 1. The maximum Gasteiger partial charge on any atom is 0.253 e. The minimum atomic E-state index is -3.69. The molecule has 0 aliphatic carbocycles. The number of thiazole rings is 1. The second-order valence-corrected chi connectivity index (χ2v) is 11.9. The normalized spacial score (nSPS) is 14.5. The van der Waals surface area contributed by atoms with Gasteiger partial charge in [-0.2, -0.15) is 4.31 Å². The van der Waals surface area contributed by atoms with Crippen LogP contribution in [0.3, 0.4) is 0 Å². The summed E-state index contributed by atoms with van der Waals surface area (Å²) in [6.45, 7) is 10.2. The average molecular weight is 529 g/mol. The monoisotopic (exact) mass is 528 g/mol. The predicted molar refractivity (Wildman–Crippen MR) is 145 cm³/mol. The molecule has 2 heterocycles. The van der Waals surface area contributed by atoms with Crippen LogP contribution in [0.4, 0.5) is 5.13 Å². The summed E-state index contributed by atoms with van der Waals surface area (Å²) < 4.78 is 28.2. The third-order valence-corrected chi connectivity index (χ3v) is 9.48. The van der Waals surface area contributed by atoms with Gasteiger partial charge in [0.05, 0.1) is 15.1 Å². The van der Waals surface area contributed by atoms with Crippen molar-refractivity contribution in [3.63, 3.8) is 0 Å². The number of amides is 1. The van der Waals surface area contributed by atoms with Crippen molar-refractivity contribution >= 4 is 54.4 Å². The van der Waals surface area contributed by atoms with Crippen LogP contribution in [-0.2, 0) is 10.0 Å². The molecule has 1 saturated heterocycles. The quantitative estimate of drug-likeness (QED) is 0.304. The fourth-order valence-corrected chi connectivity index (χ4v) is 6.87. The fourth-order valence-electron chi connectivity index (χ4n) is 3.92. The molecule has 3 aromatic rings. The standard InChI is InChI=1S/C25H28N4O3S3/c1-4-12-29(13-5-2)35(31,32)21-9-6-19(7-10-21)24(30)27-14-16-28(17-15-27)25-26-22-11-8-20(33-3)18-23(22)34-25/h4-11,18H,1-2,12-17H2,3H3. The van der Waals surface area contributed by atoms with E-state index in [0.29, 0.717) is 31.7 Å². The van der Waals surface area contributed by atoms with Gasteiger partial charge in [-0.05, 0) is 48.7 Å². The van der Waals surface area contributed by atoms with E-state index in [1.165, 1.54) is 38.2 Å². The molecule has 1 aliphatic heterocycles. The summed E-state index contributed by atoms with van der Waals surface area (Å²) in [7, 11) is -3.69. The first-order chi connectivity index (χ1) is 16.9. The Labute approximate surface area is 214 Å². The minimum absolute atomic E-state index is 0.100. The van der Waals surface area contributed by atoms with Gasteiger partial charge in [0.1, 0.15) is 0 Å². The highest BCUT2D eigenvalue weighted by molar-refractivity contribution is 7.98. The van der Waals surface area contributed by atoms with Gasteiger partial charge in [0, 0.05) is 49.7 Å². The number of rotatable bonds is 9. The number of carbonyl (C=O) groups excluding carboxylic acids is 1. The summed E-state index contributed by atoms with van der Waals surface area (Å²) in [6, 6.07) is 12.4. The molecule has 1 aromatic heterocycles. The third-order valence-electron chi connectivity index (χ3n) is 5.83. The number of sulfonamides is 1.